The quantitative estimate of drug-likeness (QED) is 0.360. The van der Waals surface area contributed by atoms with Crippen LogP contribution in [0.4, 0.5) is 5.69 Å². The standard InChI is InChI=1S/C12H9Cl2N3O4/c1-20-7-2-3-9(17(18)19)10(4-7)21-12-8(5-13)11(14)15-6-16-12/h2-4,6H,5H2,1H3. The van der Waals surface area contributed by atoms with Crippen molar-refractivity contribution in [2.75, 3.05) is 7.11 Å². The van der Waals surface area contributed by atoms with Gasteiger partial charge in [-0.1, -0.05) is 11.6 Å². The molecule has 0 N–H and O–H groups in total. The van der Waals surface area contributed by atoms with E-state index in [1.807, 2.05) is 0 Å². The highest BCUT2D eigenvalue weighted by Gasteiger charge is 2.20. The number of hydrogen-bond donors (Lipinski definition) is 0. The Morgan fingerprint density at radius 3 is 2.76 bits per heavy atom. The van der Waals surface area contributed by atoms with Crippen LogP contribution in [-0.2, 0) is 5.88 Å². The average Bonchev–Trinajstić information content (AvgIpc) is 2.47. The molecule has 0 unspecified atom stereocenters. The monoisotopic (exact) mass is 329 g/mol. The van der Waals surface area contributed by atoms with E-state index >= 15 is 0 Å². The molecule has 0 radical (unpaired) electrons. The van der Waals surface area contributed by atoms with Gasteiger partial charge in [0, 0.05) is 12.1 Å². The molecule has 0 fully saturated rings. The van der Waals surface area contributed by atoms with Crippen molar-refractivity contribution < 1.29 is 14.4 Å². The van der Waals surface area contributed by atoms with E-state index < -0.39 is 4.92 Å². The van der Waals surface area contributed by atoms with Crippen molar-refractivity contribution in [2.24, 2.45) is 0 Å². The molecular formula is C12H9Cl2N3O4. The van der Waals surface area contributed by atoms with Crippen LogP contribution in [0.5, 0.6) is 17.4 Å². The Hall–Kier alpha value is -2.12. The van der Waals surface area contributed by atoms with Gasteiger partial charge in [0.1, 0.15) is 17.2 Å². The van der Waals surface area contributed by atoms with Gasteiger partial charge in [0.2, 0.25) is 11.6 Å². The molecule has 2 rings (SSSR count). The van der Waals surface area contributed by atoms with Gasteiger partial charge in [-0.2, -0.15) is 0 Å². The first-order valence-corrected chi connectivity index (χ1v) is 6.53. The Balaban J connectivity index is 2.48. The Kier molecular flexibility index (Phi) is 4.77. The van der Waals surface area contributed by atoms with E-state index in [1.54, 1.807) is 0 Å². The molecule has 7 nitrogen and oxygen atoms in total. The number of ether oxygens (including phenoxy) is 2. The van der Waals surface area contributed by atoms with Gasteiger partial charge < -0.3 is 9.47 Å². The van der Waals surface area contributed by atoms with E-state index in [1.165, 1.54) is 31.6 Å². The van der Waals surface area contributed by atoms with Crippen molar-refractivity contribution in [2.45, 2.75) is 5.88 Å². The first-order chi connectivity index (χ1) is 10.1. The number of methoxy groups -OCH3 is 1. The normalized spacial score (nSPS) is 10.2. The molecule has 110 valence electrons. The minimum Gasteiger partial charge on any atom is -0.497 e. The fourth-order valence-electron chi connectivity index (χ4n) is 1.53. The van der Waals surface area contributed by atoms with E-state index in [4.69, 9.17) is 32.7 Å². The lowest BCUT2D eigenvalue weighted by atomic mass is 10.2. The predicted molar refractivity (Wildman–Crippen MR) is 76.3 cm³/mol. The van der Waals surface area contributed by atoms with Gasteiger partial charge in [-0.05, 0) is 6.07 Å². The number of halogens is 2. The lowest BCUT2D eigenvalue weighted by Gasteiger charge is -2.10. The van der Waals surface area contributed by atoms with Crippen molar-refractivity contribution >= 4 is 28.9 Å². The van der Waals surface area contributed by atoms with Gasteiger partial charge in [-0.3, -0.25) is 10.1 Å². The Morgan fingerprint density at radius 1 is 1.38 bits per heavy atom. The van der Waals surface area contributed by atoms with Crippen LogP contribution < -0.4 is 9.47 Å². The molecule has 2 aromatic rings. The highest BCUT2D eigenvalue weighted by molar-refractivity contribution is 6.31. The van der Waals surface area contributed by atoms with Crippen LogP contribution in [0.2, 0.25) is 5.15 Å². The maximum atomic E-state index is 11.0. The second-order valence-electron chi connectivity index (χ2n) is 3.77. The maximum Gasteiger partial charge on any atom is 0.311 e. The predicted octanol–water partition coefficient (Wildman–Crippen LogP) is 3.58. The van der Waals surface area contributed by atoms with Crippen LogP contribution in [0.25, 0.3) is 0 Å². The van der Waals surface area contributed by atoms with Crippen LogP contribution in [0.15, 0.2) is 24.5 Å². The first kappa shape index (κ1) is 15.3. The maximum absolute atomic E-state index is 11.0. The smallest absolute Gasteiger partial charge is 0.311 e. The van der Waals surface area contributed by atoms with Gasteiger partial charge in [0.25, 0.3) is 0 Å². The third-order valence-corrected chi connectivity index (χ3v) is 3.15. The Labute approximate surface area is 129 Å². The topological polar surface area (TPSA) is 87.4 Å². The van der Waals surface area contributed by atoms with E-state index in [0.717, 1.165) is 0 Å². The molecule has 0 bridgehead atoms. The molecule has 0 spiro atoms. The van der Waals surface area contributed by atoms with E-state index in [9.17, 15) is 10.1 Å². The second kappa shape index (κ2) is 6.55. The van der Waals surface area contributed by atoms with Gasteiger partial charge in [0.15, 0.2) is 0 Å². The number of nitrogens with zero attached hydrogens (tertiary/aromatic N) is 3. The fourth-order valence-corrected chi connectivity index (χ4v) is 2.04. The summed E-state index contributed by atoms with van der Waals surface area (Å²) >= 11 is 11.6. The largest absolute Gasteiger partial charge is 0.497 e. The summed E-state index contributed by atoms with van der Waals surface area (Å²) < 4.78 is 10.5. The zero-order valence-corrected chi connectivity index (χ0v) is 12.3. The van der Waals surface area contributed by atoms with Crippen LogP contribution in [0, 0.1) is 10.1 Å². The summed E-state index contributed by atoms with van der Waals surface area (Å²) in [5, 5.41) is 11.2. The third kappa shape index (κ3) is 3.32. The SMILES string of the molecule is COc1ccc([N+](=O)[O-])c(Oc2ncnc(Cl)c2CCl)c1. The molecule has 1 aromatic heterocycles. The average molecular weight is 330 g/mol. The summed E-state index contributed by atoms with van der Waals surface area (Å²) in [6.07, 6.45) is 1.18. The van der Waals surface area contributed by atoms with E-state index in [0.29, 0.717) is 11.3 Å². The van der Waals surface area contributed by atoms with Crippen molar-refractivity contribution in [3.63, 3.8) is 0 Å². The Bertz CT molecular complexity index is 682. The van der Waals surface area contributed by atoms with Crippen LogP contribution >= 0.6 is 23.2 Å². The van der Waals surface area contributed by atoms with E-state index in [-0.39, 0.29) is 28.3 Å². The number of benzene rings is 1. The summed E-state index contributed by atoms with van der Waals surface area (Å²) in [7, 11) is 1.44. The number of alkyl halides is 1. The number of rotatable bonds is 5. The van der Waals surface area contributed by atoms with Crippen molar-refractivity contribution in [1.29, 1.82) is 0 Å². The van der Waals surface area contributed by atoms with Crippen LogP contribution in [0.3, 0.4) is 0 Å². The van der Waals surface area contributed by atoms with Crippen molar-refractivity contribution in [1.82, 2.24) is 9.97 Å². The molecule has 0 amide bonds. The lowest BCUT2D eigenvalue weighted by molar-refractivity contribution is -0.385. The zero-order chi connectivity index (χ0) is 15.4. The summed E-state index contributed by atoms with van der Waals surface area (Å²) in [6.45, 7) is 0. The Morgan fingerprint density at radius 2 is 2.14 bits per heavy atom. The minimum absolute atomic E-state index is 0.00672. The molecule has 0 aliphatic rings. The number of aromatic nitrogens is 2. The minimum atomic E-state index is -0.571. The van der Waals surface area contributed by atoms with Crippen molar-refractivity contribution in [3.8, 4) is 17.4 Å². The molecule has 21 heavy (non-hydrogen) atoms. The molecule has 1 aromatic carbocycles. The molecule has 0 saturated heterocycles. The van der Waals surface area contributed by atoms with Crippen molar-refractivity contribution in [3.05, 3.63) is 45.4 Å². The highest BCUT2D eigenvalue weighted by Crippen LogP contribution is 2.36. The summed E-state index contributed by atoms with van der Waals surface area (Å²) in [5.41, 5.74) is 0.115. The van der Waals surface area contributed by atoms with Gasteiger partial charge in [0.05, 0.1) is 23.5 Å². The summed E-state index contributed by atoms with van der Waals surface area (Å²) in [4.78, 5) is 18.1. The molecule has 0 aliphatic carbocycles. The number of hydrogen-bond acceptors (Lipinski definition) is 6. The summed E-state index contributed by atoms with van der Waals surface area (Å²) in [5.74, 6) is 0.442. The van der Waals surface area contributed by atoms with Crippen LogP contribution in [-0.4, -0.2) is 22.0 Å². The molecular weight excluding hydrogens is 321 g/mol. The van der Waals surface area contributed by atoms with Gasteiger partial charge in [-0.15, -0.1) is 11.6 Å². The molecule has 0 atom stereocenters. The van der Waals surface area contributed by atoms with Crippen LogP contribution in [0.1, 0.15) is 5.56 Å². The van der Waals surface area contributed by atoms with E-state index in [2.05, 4.69) is 9.97 Å². The second-order valence-corrected chi connectivity index (χ2v) is 4.40. The number of nitro groups is 1. The molecule has 1 heterocycles. The fraction of sp³-hybridized carbons (Fsp3) is 0.167. The first-order valence-electron chi connectivity index (χ1n) is 5.62. The van der Waals surface area contributed by atoms with Gasteiger partial charge >= 0.3 is 5.69 Å². The number of nitro benzene ring substituents is 1. The third-order valence-electron chi connectivity index (χ3n) is 2.56. The summed E-state index contributed by atoms with van der Waals surface area (Å²) in [6, 6.07) is 4.11. The van der Waals surface area contributed by atoms with Gasteiger partial charge in [-0.25, -0.2) is 9.97 Å². The molecule has 0 saturated carbocycles. The lowest BCUT2D eigenvalue weighted by Crippen LogP contribution is -1.99. The zero-order valence-electron chi connectivity index (χ0n) is 10.7. The molecule has 9 heteroatoms. The molecule has 0 aliphatic heterocycles. The highest BCUT2D eigenvalue weighted by atomic mass is 35.5.